The molecule has 0 fully saturated rings. The van der Waals surface area contributed by atoms with Crippen molar-refractivity contribution in [2.24, 2.45) is 7.05 Å². The molecular weight excluding hydrogens is 300 g/mol. The molecule has 0 aliphatic rings. The third-order valence-corrected chi connectivity index (χ3v) is 4.58. The van der Waals surface area contributed by atoms with Crippen molar-refractivity contribution in [2.45, 2.75) is 11.3 Å². The quantitative estimate of drug-likeness (QED) is 0.918. The highest BCUT2D eigenvalue weighted by Crippen LogP contribution is 2.20. The van der Waals surface area contributed by atoms with Gasteiger partial charge >= 0.3 is 5.97 Å². The molecule has 0 aliphatic heterocycles. The molecule has 0 bridgehead atoms. The summed E-state index contributed by atoms with van der Waals surface area (Å²) in [4.78, 5) is 11.5. The van der Waals surface area contributed by atoms with Crippen LogP contribution in [0.15, 0.2) is 35.4 Å². The predicted molar refractivity (Wildman–Crippen MR) is 76.6 cm³/mol. The van der Waals surface area contributed by atoms with Gasteiger partial charge in [-0.25, -0.2) is 4.79 Å². The van der Waals surface area contributed by atoms with Crippen molar-refractivity contribution in [1.82, 2.24) is 9.78 Å². The van der Waals surface area contributed by atoms with E-state index in [4.69, 9.17) is 16.7 Å². The van der Waals surface area contributed by atoms with Gasteiger partial charge in [-0.3, -0.25) is 8.89 Å². The number of benzene rings is 1. The summed E-state index contributed by atoms with van der Waals surface area (Å²) in [7, 11) is 0.548. The molecule has 1 heterocycles. The number of carboxylic acid groups (broad SMARTS) is 1. The molecule has 7 heteroatoms. The first-order chi connectivity index (χ1) is 9.49. The van der Waals surface area contributed by atoms with Gasteiger partial charge in [-0.15, -0.1) is 0 Å². The van der Waals surface area contributed by atoms with E-state index in [1.54, 1.807) is 16.9 Å². The van der Waals surface area contributed by atoms with Crippen LogP contribution in [0.1, 0.15) is 16.1 Å². The average Bonchev–Trinajstić information content (AvgIpc) is 2.81. The van der Waals surface area contributed by atoms with E-state index in [1.807, 2.05) is 13.1 Å². The molecule has 0 radical (unpaired) electrons. The van der Waals surface area contributed by atoms with Crippen LogP contribution < -0.4 is 0 Å². The highest BCUT2D eigenvalue weighted by atomic mass is 35.5. The van der Waals surface area contributed by atoms with Gasteiger partial charge in [0, 0.05) is 36.0 Å². The van der Waals surface area contributed by atoms with E-state index in [-0.39, 0.29) is 10.6 Å². The number of halogens is 1. The molecule has 2 rings (SSSR count). The lowest BCUT2D eigenvalue weighted by Crippen LogP contribution is -2.07. The number of hydrogen-bond donors (Lipinski definition) is 1. The van der Waals surface area contributed by atoms with E-state index in [1.165, 1.54) is 12.1 Å². The minimum absolute atomic E-state index is 0.0296. The third-order valence-electron chi connectivity index (χ3n) is 2.90. The zero-order valence-corrected chi connectivity index (χ0v) is 12.3. The van der Waals surface area contributed by atoms with Gasteiger partial charge in [0.15, 0.2) is 0 Å². The van der Waals surface area contributed by atoms with Gasteiger partial charge in [-0.1, -0.05) is 11.6 Å². The highest BCUT2D eigenvalue weighted by Gasteiger charge is 2.13. The first-order valence-electron chi connectivity index (χ1n) is 5.87. The molecule has 0 amide bonds. The fourth-order valence-electron chi connectivity index (χ4n) is 1.77. The smallest absolute Gasteiger partial charge is 0.337 e. The molecular formula is C13H13ClN2O3S. The fraction of sp³-hybridized carbons (Fsp3) is 0.231. The van der Waals surface area contributed by atoms with Gasteiger partial charge in [0.2, 0.25) is 0 Å². The number of aryl methyl sites for hydroxylation is 2. The molecule has 1 aromatic heterocycles. The van der Waals surface area contributed by atoms with Crippen LogP contribution in [0.2, 0.25) is 5.02 Å². The fourth-order valence-corrected chi connectivity index (χ4v) is 3.07. The van der Waals surface area contributed by atoms with Crippen molar-refractivity contribution in [1.29, 1.82) is 0 Å². The summed E-state index contributed by atoms with van der Waals surface area (Å²) in [5, 5.41) is 13.2. The van der Waals surface area contributed by atoms with Crippen LogP contribution in [0.5, 0.6) is 0 Å². The summed E-state index contributed by atoms with van der Waals surface area (Å²) < 4.78 is 13.9. The molecule has 1 N–H and O–H groups in total. The number of aromatic nitrogens is 2. The Morgan fingerprint density at radius 2 is 2.20 bits per heavy atom. The maximum Gasteiger partial charge on any atom is 0.337 e. The van der Waals surface area contributed by atoms with Gasteiger partial charge < -0.3 is 5.11 Å². The lowest BCUT2D eigenvalue weighted by molar-refractivity contribution is 0.0697. The van der Waals surface area contributed by atoms with Crippen LogP contribution in [0.4, 0.5) is 0 Å². The number of hydrogen-bond acceptors (Lipinski definition) is 3. The minimum Gasteiger partial charge on any atom is -0.478 e. The molecule has 0 spiro atoms. The summed E-state index contributed by atoms with van der Waals surface area (Å²) in [5.41, 5.74) is 0.948. The Morgan fingerprint density at radius 1 is 1.45 bits per heavy atom. The highest BCUT2D eigenvalue weighted by molar-refractivity contribution is 7.85. The normalized spacial score (nSPS) is 12.3. The summed E-state index contributed by atoms with van der Waals surface area (Å²) >= 11 is 5.78. The Hall–Kier alpha value is -1.66. The lowest BCUT2D eigenvalue weighted by atomic mass is 10.2. The van der Waals surface area contributed by atoms with Crippen LogP contribution >= 0.6 is 11.6 Å². The average molecular weight is 313 g/mol. The van der Waals surface area contributed by atoms with Crippen LogP contribution in [0.3, 0.4) is 0 Å². The molecule has 1 unspecified atom stereocenters. The van der Waals surface area contributed by atoms with Gasteiger partial charge in [0.1, 0.15) is 0 Å². The zero-order valence-electron chi connectivity index (χ0n) is 10.7. The summed E-state index contributed by atoms with van der Waals surface area (Å²) in [6.07, 6.45) is 2.29. The van der Waals surface area contributed by atoms with E-state index < -0.39 is 16.8 Å². The Labute approximate surface area is 123 Å². The Balaban J connectivity index is 2.12. The molecule has 0 saturated heterocycles. The molecule has 20 heavy (non-hydrogen) atoms. The number of rotatable bonds is 5. The van der Waals surface area contributed by atoms with Gasteiger partial charge in [0.05, 0.1) is 21.4 Å². The number of nitrogens with zero attached hydrogens (tertiary/aromatic N) is 2. The topological polar surface area (TPSA) is 72.2 Å². The van der Waals surface area contributed by atoms with Gasteiger partial charge in [-0.05, 0) is 24.3 Å². The number of aromatic carboxylic acids is 1. The third kappa shape index (κ3) is 3.26. The van der Waals surface area contributed by atoms with E-state index in [9.17, 15) is 9.00 Å². The largest absolute Gasteiger partial charge is 0.478 e. The first-order valence-corrected chi connectivity index (χ1v) is 7.57. The second kappa shape index (κ2) is 6.19. The Kier molecular flexibility index (Phi) is 4.57. The van der Waals surface area contributed by atoms with Crippen LogP contribution in [-0.4, -0.2) is 30.8 Å². The minimum atomic E-state index is -1.27. The van der Waals surface area contributed by atoms with Gasteiger partial charge in [-0.2, -0.15) is 5.10 Å². The lowest BCUT2D eigenvalue weighted by Gasteiger charge is -2.05. The molecule has 1 aromatic carbocycles. The number of carbonyl (C=O) groups is 1. The van der Waals surface area contributed by atoms with E-state index in [2.05, 4.69) is 5.10 Å². The van der Waals surface area contributed by atoms with Crippen molar-refractivity contribution in [3.8, 4) is 0 Å². The standard InChI is InChI=1S/C13H13ClN2O3S/c1-16-9(4-6-15-16)5-7-20(19)10-2-3-12(14)11(8-10)13(17)18/h2-4,6,8H,5,7H2,1H3,(H,17,18). The van der Waals surface area contributed by atoms with Crippen molar-refractivity contribution in [2.75, 3.05) is 5.75 Å². The van der Waals surface area contributed by atoms with E-state index in [0.29, 0.717) is 17.1 Å². The summed E-state index contributed by atoms with van der Waals surface area (Å²) in [5.74, 6) is -0.722. The maximum atomic E-state index is 12.2. The second-order valence-corrected chi connectivity index (χ2v) is 6.17. The molecule has 106 valence electrons. The van der Waals surface area contributed by atoms with Crippen LogP contribution in [0, 0.1) is 0 Å². The van der Waals surface area contributed by atoms with Crippen molar-refractivity contribution < 1.29 is 14.1 Å². The number of carboxylic acids is 1. The summed E-state index contributed by atoms with van der Waals surface area (Å²) in [6.45, 7) is 0. The molecule has 0 aliphatic carbocycles. The Morgan fingerprint density at radius 3 is 2.80 bits per heavy atom. The molecule has 0 saturated carbocycles. The van der Waals surface area contributed by atoms with Crippen molar-refractivity contribution in [3.63, 3.8) is 0 Å². The Bertz CT molecular complexity index is 669. The van der Waals surface area contributed by atoms with Crippen LogP contribution in [0.25, 0.3) is 0 Å². The maximum absolute atomic E-state index is 12.2. The molecule has 1 atom stereocenters. The van der Waals surface area contributed by atoms with Crippen molar-refractivity contribution in [3.05, 3.63) is 46.7 Å². The van der Waals surface area contributed by atoms with Gasteiger partial charge in [0.25, 0.3) is 0 Å². The zero-order chi connectivity index (χ0) is 14.7. The predicted octanol–water partition coefficient (Wildman–Crippen LogP) is 2.12. The summed E-state index contributed by atoms with van der Waals surface area (Å²) in [6, 6.07) is 6.28. The van der Waals surface area contributed by atoms with E-state index in [0.717, 1.165) is 5.69 Å². The van der Waals surface area contributed by atoms with Crippen molar-refractivity contribution >= 4 is 28.4 Å². The SMILES string of the molecule is Cn1nccc1CCS(=O)c1ccc(Cl)c(C(=O)O)c1. The van der Waals surface area contributed by atoms with E-state index >= 15 is 0 Å². The second-order valence-electron chi connectivity index (χ2n) is 4.19. The molecule has 2 aromatic rings. The first kappa shape index (κ1) is 14.7. The van der Waals surface area contributed by atoms with Crippen LogP contribution in [-0.2, 0) is 24.3 Å². The molecule has 5 nitrogen and oxygen atoms in total. The monoisotopic (exact) mass is 312 g/mol.